The summed E-state index contributed by atoms with van der Waals surface area (Å²) in [7, 11) is 1.73. The van der Waals surface area contributed by atoms with Gasteiger partial charge in [-0.25, -0.2) is 0 Å². The van der Waals surface area contributed by atoms with Crippen molar-refractivity contribution in [1.82, 2.24) is 15.5 Å². The fourth-order valence-electron chi connectivity index (χ4n) is 4.90. The molecular weight excluding hydrogens is 479 g/mol. The van der Waals surface area contributed by atoms with E-state index in [-0.39, 0.29) is 59.5 Å². The molecule has 29 heavy (non-hydrogen) atoms. The normalized spacial score (nSPS) is 27.2. The molecule has 3 aliphatic rings. The average molecular weight is 508 g/mol. The molecule has 156 valence electrons. The van der Waals surface area contributed by atoms with E-state index in [2.05, 4.69) is 52.9 Å². The molecule has 1 aromatic rings. The molecule has 2 fully saturated rings. The lowest BCUT2D eigenvalue weighted by molar-refractivity contribution is -0.140. The Morgan fingerprint density at radius 3 is 2.31 bits per heavy atom. The highest BCUT2D eigenvalue weighted by atomic mass is 127. The maximum Gasteiger partial charge on any atom is 0.233 e. The van der Waals surface area contributed by atoms with Gasteiger partial charge in [0.1, 0.15) is 0 Å². The predicted octanol–water partition coefficient (Wildman–Crippen LogP) is 2.13. The van der Waals surface area contributed by atoms with Gasteiger partial charge in [0.05, 0.1) is 11.8 Å². The van der Waals surface area contributed by atoms with E-state index in [1.807, 2.05) is 6.07 Å². The van der Waals surface area contributed by atoms with Crippen molar-refractivity contribution in [3.05, 3.63) is 47.5 Å². The van der Waals surface area contributed by atoms with E-state index in [0.29, 0.717) is 19.0 Å². The van der Waals surface area contributed by atoms with E-state index in [9.17, 15) is 9.59 Å². The molecule has 4 unspecified atom stereocenters. The summed E-state index contributed by atoms with van der Waals surface area (Å²) in [6, 6.07) is 8.35. The van der Waals surface area contributed by atoms with Gasteiger partial charge in [0.15, 0.2) is 5.96 Å². The van der Waals surface area contributed by atoms with E-state index in [0.717, 1.165) is 19.4 Å². The van der Waals surface area contributed by atoms with Crippen molar-refractivity contribution in [3.63, 3.8) is 0 Å². The summed E-state index contributed by atoms with van der Waals surface area (Å²) in [5.74, 6) is 1.01. The Morgan fingerprint density at radius 2 is 1.69 bits per heavy atom. The average Bonchev–Trinajstić information content (AvgIpc) is 3.37. The van der Waals surface area contributed by atoms with Crippen LogP contribution in [0.2, 0.25) is 0 Å². The maximum atomic E-state index is 12.7. The number of carbonyl (C=O) groups is 2. The van der Waals surface area contributed by atoms with Crippen molar-refractivity contribution in [2.75, 3.05) is 26.7 Å². The van der Waals surface area contributed by atoms with Gasteiger partial charge < -0.3 is 10.6 Å². The van der Waals surface area contributed by atoms with Crippen molar-refractivity contribution in [3.8, 4) is 0 Å². The standard InChI is InChI=1S/C22H28N4O2.HI/c1-14-5-3-4-6-15(14)9-10-24-22(23-2)25-11-12-26-20(27)18-16-7-8-17(13-16)19(18)21(26)28;/h3-8,16-19H,9-13H2,1-2H3,(H2,23,24,25);1H. The van der Waals surface area contributed by atoms with Gasteiger partial charge >= 0.3 is 0 Å². The van der Waals surface area contributed by atoms with Gasteiger partial charge in [-0.3, -0.25) is 19.5 Å². The molecule has 0 spiro atoms. The topological polar surface area (TPSA) is 73.8 Å². The summed E-state index contributed by atoms with van der Waals surface area (Å²) in [5, 5.41) is 6.52. The molecule has 2 bridgehead atoms. The van der Waals surface area contributed by atoms with Crippen LogP contribution in [0.15, 0.2) is 41.4 Å². The van der Waals surface area contributed by atoms with E-state index in [1.165, 1.54) is 16.0 Å². The number of benzene rings is 1. The van der Waals surface area contributed by atoms with Crippen molar-refractivity contribution < 1.29 is 9.59 Å². The third kappa shape index (κ3) is 4.20. The minimum atomic E-state index is -0.117. The molecule has 4 atom stereocenters. The first-order valence-electron chi connectivity index (χ1n) is 10.1. The number of aliphatic imine (C=N–C) groups is 1. The highest BCUT2D eigenvalue weighted by Gasteiger charge is 2.58. The van der Waals surface area contributed by atoms with Gasteiger partial charge in [-0.05, 0) is 42.7 Å². The number of amides is 2. The molecule has 4 rings (SSSR count). The van der Waals surface area contributed by atoms with E-state index < -0.39 is 0 Å². The molecule has 7 heteroatoms. The monoisotopic (exact) mass is 508 g/mol. The third-order valence-electron chi connectivity index (χ3n) is 6.36. The van der Waals surface area contributed by atoms with E-state index in [1.54, 1.807) is 7.05 Å². The minimum absolute atomic E-state index is 0. The lowest BCUT2D eigenvalue weighted by Gasteiger charge is -2.18. The highest BCUT2D eigenvalue weighted by molar-refractivity contribution is 14.0. The van der Waals surface area contributed by atoms with Gasteiger partial charge in [-0.15, -0.1) is 24.0 Å². The van der Waals surface area contributed by atoms with Crippen LogP contribution in [0.4, 0.5) is 0 Å². The zero-order valence-corrected chi connectivity index (χ0v) is 19.3. The number of aryl methyl sites for hydroxylation is 1. The molecule has 2 N–H and O–H groups in total. The Balaban J connectivity index is 0.00000240. The number of nitrogens with one attached hydrogen (secondary N) is 2. The number of allylic oxidation sites excluding steroid dienone is 2. The number of likely N-dealkylation sites (tertiary alicyclic amines) is 1. The maximum absolute atomic E-state index is 12.7. The second-order valence-electron chi connectivity index (χ2n) is 7.93. The molecule has 2 aliphatic carbocycles. The zero-order chi connectivity index (χ0) is 19.7. The van der Waals surface area contributed by atoms with Gasteiger partial charge in [-0.2, -0.15) is 0 Å². The second-order valence-corrected chi connectivity index (χ2v) is 7.93. The number of hydrogen-bond donors (Lipinski definition) is 2. The zero-order valence-electron chi connectivity index (χ0n) is 16.9. The molecule has 1 saturated carbocycles. The Bertz CT molecular complexity index is 808. The van der Waals surface area contributed by atoms with Crippen LogP contribution in [0.5, 0.6) is 0 Å². The molecular formula is C22H29IN4O2. The summed E-state index contributed by atoms with van der Waals surface area (Å²) in [5.41, 5.74) is 2.60. The first kappa shape index (κ1) is 21.8. The van der Waals surface area contributed by atoms with Gasteiger partial charge in [-0.1, -0.05) is 36.4 Å². The van der Waals surface area contributed by atoms with Crippen molar-refractivity contribution in [1.29, 1.82) is 0 Å². The first-order chi connectivity index (χ1) is 13.6. The Morgan fingerprint density at radius 1 is 1.07 bits per heavy atom. The van der Waals surface area contributed by atoms with Crippen LogP contribution in [-0.4, -0.2) is 49.4 Å². The van der Waals surface area contributed by atoms with E-state index >= 15 is 0 Å². The number of halogens is 1. The fourth-order valence-corrected chi connectivity index (χ4v) is 4.90. The lowest BCUT2D eigenvalue weighted by atomic mass is 9.85. The predicted molar refractivity (Wildman–Crippen MR) is 124 cm³/mol. The van der Waals surface area contributed by atoms with E-state index in [4.69, 9.17) is 0 Å². The van der Waals surface area contributed by atoms with Crippen LogP contribution in [0.1, 0.15) is 17.5 Å². The number of nitrogens with zero attached hydrogens (tertiary/aromatic N) is 2. The first-order valence-corrected chi connectivity index (χ1v) is 10.1. The van der Waals surface area contributed by atoms with Gasteiger partial charge in [0.25, 0.3) is 0 Å². The van der Waals surface area contributed by atoms with Gasteiger partial charge in [0.2, 0.25) is 11.8 Å². The molecule has 1 saturated heterocycles. The number of guanidine groups is 1. The molecule has 1 heterocycles. The van der Waals surface area contributed by atoms with Crippen LogP contribution >= 0.6 is 24.0 Å². The van der Waals surface area contributed by atoms with Crippen LogP contribution in [0.25, 0.3) is 0 Å². The van der Waals surface area contributed by atoms with Crippen molar-refractivity contribution >= 4 is 41.8 Å². The second kappa shape index (κ2) is 9.28. The molecule has 0 radical (unpaired) electrons. The molecule has 6 nitrogen and oxygen atoms in total. The SMILES string of the molecule is CN=C(NCCc1ccccc1C)NCCN1C(=O)C2C3C=CC(C3)C2C1=O.I. The Hall–Kier alpha value is -1.90. The summed E-state index contributed by atoms with van der Waals surface area (Å²) in [6.07, 6.45) is 6.13. The van der Waals surface area contributed by atoms with Crippen molar-refractivity contribution in [2.45, 2.75) is 19.8 Å². The van der Waals surface area contributed by atoms with Crippen molar-refractivity contribution in [2.24, 2.45) is 28.7 Å². The van der Waals surface area contributed by atoms with Crippen LogP contribution in [0.3, 0.4) is 0 Å². The third-order valence-corrected chi connectivity index (χ3v) is 6.36. The molecule has 1 aliphatic heterocycles. The lowest BCUT2D eigenvalue weighted by Crippen LogP contribution is -2.44. The fraction of sp³-hybridized carbons (Fsp3) is 0.500. The van der Waals surface area contributed by atoms with Gasteiger partial charge in [0, 0.05) is 26.7 Å². The summed E-state index contributed by atoms with van der Waals surface area (Å²) in [4.78, 5) is 31.1. The quantitative estimate of drug-likeness (QED) is 0.203. The van der Waals surface area contributed by atoms with Crippen LogP contribution in [-0.2, 0) is 16.0 Å². The molecule has 2 amide bonds. The molecule has 0 aromatic heterocycles. The number of hydrogen-bond acceptors (Lipinski definition) is 3. The van der Waals surface area contributed by atoms with Crippen LogP contribution in [0, 0.1) is 30.6 Å². The summed E-state index contributed by atoms with van der Waals surface area (Å²) < 4.78 is 0. The summed E-state index contributed by atoms with van der Waals surface area (Å²) >= 11 is 0. The summed E-state index contributed by atoms with van der Waals surface area (Å²) in [6.45, 7) is 3.78. The smallest absolute Gasteiger partial charge is 0.233 e. The number of imide groups is 1. The number of rotatable bonds is 6. The highest BCUT2D eigenvalue weighted by Crippen LogP contribution is 2.52. The van der Waals surface area contributed by atoms with Crippen LogP contribution < -0.4 is 10.6 Å². The Labute approximate surface area is 189 Å². The largest absolute Gasteiger partial charge is 0.356 e. The number of fused-ring (bicyclic) bond motifs is 5. The molecule has 1 aromatic carbocycles. The minimum Gasteiger partial charge on any atom is -0.356 e. The number of carbonyl (C=O) groups excluding carboxylic acids is 2. The Kier molecular flexibility index (Phi) is 6.97.